The minimum absolute atomic E-state index is 0.129. The maximum atomic E-state index is 13.6. The van der Waals surface area contributed by atoms with Crippen molar-refractivity contribution < 1.29 is 27.5 Å². The molecule has 0 saturated carbocycles. The van der Waals surface area contributed by atoms with E-state index in [1.54, 1.807) is 49.4 Å². The number of aliphatic carboxylic acids is 1. The summed E-state index contributed by atoms with van der Waals surface area (Å²) in [6.45, 7) is 7.16. The number of carbonyl (C=O) groups is 1. The number of anilines is 1. The Morgan fingerprint density at radius 1 is 0.976 bits per heavy atom. The minimum atomic E-state index is -4.14. The number of nitrogens with zero attached hydrogens (tertiary/aromatic N) is 3. The second-order valence-electron chi connectivity index (χ2n) is 9.81. The molecule has 9 nitrogen and oxygen atoms in total. The molecule has 1 heterocycles. The zero-order valence-electron chi connectivity index (χ0n) is 23.7. The number of carboxylic acid groups (broad SMARTS) is 1. The molecule has 1 aromatic heterocycles. The summed E-state index contributed by atoms with van der Waals surface area (Å²) in [6.07, 6.45) is 0.521. The van der Waals surface area contributed by atoms with E-state index in [4.69, 9.17) is 9.15 Å². The van der Waals surface area contributed by atoms with Gasteiger partial charge in [0.15, 0.2) is 0 Å². The second-order valence-corrected chi connectivity index (χ2v) is 11.7. The zero-order chi connectivity index (χ0) is 29.6. The highest BCUT2D eigenvalue weighted by molar-refractivity contribution is 7.90. The van der Waals surface area contributed by atoms with E-state index in [2.05, 4.69) is 4.98 Å². The topological polar surface area (TPSA) is 113 Å². The highest BCUT2D eigenvalue weighted by Crippen LogP contribution is 2.25. The van der Waals surface area contributed by atoms with Gasteiger partial charge in [0.05, 0.1) is 18.0 Å². The average Bonchev–Trinajstić information content (AvgIpc) is 3.29. The Hall–Kier alpha value is -4.15. The average molecular weight is 578 g/mol. The first-order valence-electron chi connectivity index (χ1n) is 13.4. The van der Waals surface area contributed by atoms with Crippen LogP contribution < -0.4 is 9.04 Å². The lowest BCUT2D eigenvalue weighted by Gasteiger charge is -2.30. The number of oxazole rings is 1. The van der Waals surface area contributed by atoms with Crippen LogP contribution in [-0.4, -0.2) is 48.5 Å². The van der Waals surface area contributed by atoms with Gasteiger partial charge in [0.2, 0.25) is 5.89 Å². The van der Waals surface area contributed by atoms with Crippen LogP contribution in [0.2, 0.25) is 0 Å². The van der Waals surface area contributed by atoms with Gasteiger partial charge in [0.25, 0.3) is 0 Å². The van der Waals surface area contributed by atoms with Gasteiger partial charge in [-0.2, -0.15) is 12.7 Å². The molecule has 1 N–H and O–H groups in total. The van der Waals surface area contributed by atoms with Crippen molar-refractivity contribution in [2.24, 2.45) is 0 Å². The largest absolute Gasteiger partial charge is 0.493 e. The summed E-state index contributed by atoms with van der Waals surface area (Å²) in [4.78, 5) is 16.3. The normalized spacial score (nSPS) is 11.5. The highest BCUT2D eigenvalue weighted by atomic mass is 32.2. The summed E-state index contributed by atoms with van der Waals surface area (Å²) >= 11 is 0. The van der Waals surface area contributed by atoms with Gasteiger partial charge in [-0.15, -0.1) is 0 Å². The molecule has 3 aromatic carbocycles. The van der Waals surface area contributed by atoms with E-state index in [1.807, 2.05) is 51.1 Å². The number of aromatic nitrogens is 1. The first-order chi connectivity index (χ1) is 19.6. The summed E-state index contributed by atoms with van der Waals surface area (Å²) < 4.78 is 41.2. The molecule has 0 aliphatic carbocycles. The van der Waals surface area contributed by atoms with Crippen molar-refractivity contribution in [2.75, 3.05) is 24.0 Å². The fourth-order valence-electron chi connectivity index (χ4n) is 4.45. The SMILES string of the molecule is CCN(c1cccc(C)c1)S(=O)(=O)N(CC(=O)O)Cc1cccc(OCCc2nc(-c3ccc(C)cc3)oc2C)c1. The Morgan fingerprint density at radius 3 is 2.39 bits per heavy atom. The van der Waals surface area contributed by atoms with Crippen LogP contribution in [0.25, 0.3) is 11.5 Å². The maximum absolute atomic E-state index is 13.6. The van der Waals surface area contributed by atoms with Gasteiger partial charge < -0.3 is 14.3 Å². The molecule has 0 atom stereocenters. The molecule has 4 aromatic rings. The lowest BCUT2D eigenvalue weighted by Crippen LogP contribution is -2.45. The lowest BCUT2D eigenvalue weighted by molar-refractivity contribution is -0.137. The van der Waals surface area contributed by atoms with Gasteiger partial charge in [0.1, 0.15) is 18.1 Å². The van der Waals surface area contributed by atoms with Crippen molar-refractivity contribution >= 4 is 21.9 Å². The predicted octanol–water partition coefficient (Wildman–Crippen LogP) is 5.55. The van der Waals surface area contributed by atoms with Crippen molar-refractivity contribution in [3.05, 3.63) is 101 Å². The van der Waals surface area contributed by atoms with Crippen LogP contribution in [0.1, 0.15) is 35.1 Å². The molecule has 0 fully saturated rings. The van der Waals surface area contributed by atoms with Crippen LogP contribution in [-0.2, 0) is 28.0 Å². The molecule has 0 spiro atoms. The third-order valence-electron chi connectivity index (χ3n) is 6.55. The fourth-order valence-corrected chi connectivity index (χ4v) is 6.02. The molecular weight excluding hydrogens is 542 g/mol. The Bertz CT molecular complexity index is 1600. The molecule has 0 unspecified atom stereocenters. The number of ether oxygens (including phenoxy) is 1. The Balaban J connectivity index is 1.45. The van der Waals surface area contributed by atoms with Gasteiger partial charge >= 0.3 is 16.2 Å². The van der Waals surface area contributed by atoms with E-state index in [0.717, 1.165) is 32.4 Å². The lowest BCUT2D eigenvalue weighted by atomic mass is 10.1. The smallest absolute Gasteiger partial charge is 0.318 e. The minimum Gasteiger partial charge on any atom is -0.493 e. The summed E-state index contributed by atoms with van der Waals surface area (Å²) in [5, 5.41) is 9.52. The molecule has 0 amide bonds. The number of rotatable bonds is 13. The molecule has 0 aliphatic rings. The Labute approximate surface area is 241 Å². The van der Waals surface area contributed by atoms with E-state index in [0.29, 0.717) is 35.9 Å². The van der Waals surface area contributed by atoms with Gasteiger partial charge in [-0.1, -0.05) is 42.0 Å². The predicted molar refractivity (Wildman–Crippen MR) is 158 cm³/mol. The molecular formula is C31H35N3O6S. The molecule has 0 aliphatic heterocycles. The molecule has 10 heteroatoms. The fraction of sp³-hybridized carbons (Fsp3) is 0.290. The quantitative estimate of drug-likeness (QED) is 0.222. The van der Waals surface area contributed by atoms with Crippen molar-refractivity contribution in [3.8, 4) is 17.2 Å². The Kier molecular flexibility index (Phi) is 9.46. The molecule has 216 valence electrons. The molecule has 41 heavy (non-hydrogen) atoms. The van der Waals surface area contributed by atoms with Gasteiger partial charge in [-0.3, -0.25) is 9.10 Å². The van der Waals surface area contributed by atoms with Crippen molar-refractivity contribution in [1.29, 1.82) is 0 Å². The van der Waals surface area contributed by atoms with Crippen LogP contribution in [0.3, 0.4) is 0 Å². The van der Waals surface area contributed by atoms with E-state index in [-0.39, 0.29) is 13.1 Å². The van der Waals surface area contributed by atoms with Crippen LogP contribution in [0.4, 0.5) is 5.69 Å². The third-order valence-corrected chi connectivity index (χ3v) is 8.49. The first-order valence-corrected chi connectivity index (χ1v) is 14.8. The van der Waals surface area contributed by atoms with Crippen molar-refractivity contribution in [3.63, 3.8) is 0 Å². The Morgan fingerprint density at radius 2 is 1.71 bits per heavy atom. The molecule has 0 bridgehead atoms. The monoisotopic (exact) mass is 577 g/mol. The summed E-state index contributed by atoms with van der Waals surface area (Å²) in [6, 6.07) is 22.1. The van der Waals surface area contributed by atoms with Gasteiger partial charge in [-0.05, 0) is 75.2 Å². The number of aryl methyl sites for hydroxylation is 3. The first kappa shape index (κ1) is 29.8. The highest BCUT2D eigenvalue weighted by Gasteiger charge is 2.31. The second kappa shape index (κ2) is 13.0. The maximum Gasteiger partial charge on any atom is 0.318 e. The molecule has 4 rings (SSSR count). The number of hydrogen-bond acceptors (Lipinski definition) is 6. The van der Waals surface area contributed by atoms with Crippen LogP contribution in [0, 0.1) is 20.8 Å². The van der Waals surface area contributed by atoms with Crippen molar-refractivity contribution in [1.82, 2.24) is 9.29 Å². The van der Waals surface area contributed by atoms with E-state index in [9.17, 15) is 18.3 Å². The summed E-state index contributed by atoms with van der Waals surface area (Å²) in [7, 11) is -4.14. The van der Waals surface area contributed by atoms with E-state index >= 15 is 0 Å². The summed E-state index contributed by atoms with van der Waals surface area (Å²) in [5.41, 5.74) is 4.85. The number of benzene rings is 3. The van der Waals surface area contributed by atoms with Crippen LogP contribution in [0.5, 0.6) is 5.75 Å². The summed E-state index contributed by atoms with van der Waals surface area (Å²) in [5.74, 6) is 0.586. The standard InChI is InChI=1S/C31H35N3O6S/c1-5-34(27-10-6-8-23(3)18-27)41(37,38)33(21-30(35)36)20-25-9-7-11-28(19-25)39-17-16-29-24(4)40-31(32-29)26-14-12-22(2)13-15-26/h6-15,18-19H,5,16-17,20-21H2,1-4H3,(H,35,36). The van der Waals surface area contributed by atoms with Crippen molar-refractivity contribution in [2.45, 2.75) is 40.7 Å². The van der Waals surface area contributed by atoms with E-state index < -0.39 is 22.7 Å². The van der Waals surface area contributed by atoms with Gasteiger partial charge in [-0.25, -0.2) is 4.98 Å². The third kappa shape index (κ3) is 7.53. The number of hydrogen-bond donors (Lipinski definition) is 1. The zero-order valence-corrected chi connectivity index (χ0v) is 24.5. The number of carboxylic acids is 1. The van der Waals surface area contributed by atoms with E-state index in [1.165, 1.54) is 4.31 Å². The molecule has 0 saturated heterocycles. The van der Waals surface area contributed by atoms with Crippen LogP contribution >= 0.6 is 0 Å². The molecule has 0 radical (unpaired) electrons. The van der Waals surface area contributed by atoms with Crippen LogP contribution in [0.15, 0.2) is 77.2 Å². The van der Waals surface area contributed by atoms with Gasteiger partial charge in [0, 0.05) is 25.1 Å².